The smallest absolute Gasteiger partial charge is 0.122 e. The van der Waals surface area contributed by atoms with Crippen molar-refractivity contribution in [3.63, 3.8) is 0 Å². The summed E-state index contributed by atoms with van der Waals surface area (Å²) in [6.07, 6.45) is 0.782. The molecule has 2 aromatic carbocycles. The molecule has 3 nitrogen and oxygen atoms in total. The third-order valence-electron chi connectivity index (χ3n) is 3.43. The van der Waals surface area contributed by atoms with Crippen LogP contribution in [-0.4, -0.2) is 25.4 Å². The van der Waals surface area contributed by atoms with Gasteiger partial charge in [-0.3, -0.25) is 0 Å². The molecule has 0 bridgehead atoms. The average molecular weight is 396 g/mol. The zero-order valence-corrected chi connectivity index (χ0v) is 15.6. The van der Waals surface area contributed by atoms with Crippen molar-refractivity contribution >= 4 is 27.7 Å². The Bertz CT molecular complexity index is 622. The van der Waals surface area contributed by atoms with Crippen molar-refractivity contribution in [1.82, 2.24) is 5.32 Å². The van der Waals surface area contributed by atoms with Crippen LogP contribution < -0.4 is 10.1 Å². The monoisotopic (exact) mass is 395 g/mol. The fourth-order valence-corrected chi connectivity index (χ4v) is 3.68. The molecule has 0 atom stereocenters. The van der Waals surface area contributed by atoms with Crippen LogP contribution in [0.25, 0.3) is 0 Å². The Morgan fingerprint density at radius 3 is 2.78 bits per heavy atom. The lowest BCUT2D eigenvalue weighted by molar-refractivity contribution is 0.286. The zero-order valence-electron chi connectivity index (χ0n) is 13.2. The number of hydrogen-bond acceptors (Lipinski definition) is 4. The molecule has 124 valence electrons. The molecule has 2 aromatic rings. The van der Waals surface area contributed by atoms with E-state index in [1.54, 1.807) is 7.11 Å². The first-order chi connectivity index (χ1) is 11.2. The summed E-state index contributed by atoms with van der Waals surface area (Å²) < 4.78 is 6.50. The van der Waals surface area contributed by atoms with E-state index in [1.807, 2.05) is 23.9 Å². The molecule has 5 heteroatoms. The van der Waals surface area contributed by atoms with Gasteiger partial charge in [0.15, 0.2) is 0 Å². The first-order valence-electron chi connectivity index (χ1n) is 7.59. The van der Waals surface area contributed by atoms with Gasteiger partial charge in [-0.25, -0.2) is 0 Å². The van der Waals surface area contributed by atoms with Gasteiger partial charge in [0.05, 0.1) is 7.11 Å². The topological polar surface area (TPSA) is 41.5 Å². The van der Waals surface area contributed by atoms with E-state index in [0.29, 0.717) is 0 Å². The Labute approximate surface area is 150 Å². The van der Waals surface area contributed by atoms with Gasteiger partial charge in [-0.15, -0.1) is 11.8 Å². The van der Waals surface area contributed by atoms with Crippen LogP contribution in [-0.2, 0) is 12.3 Å². The number of aliphatic hydroxyl groups is 1. The van der Waals surface area contributed by atoms with E-state index in [4.69, 9.17) is 9.84 Å². The fraction of sp³-hybridized carbons (Fsp3) is 0.333. The molecule has 0 amide bonds. The third kappa shape index (κ3) is 5.84. The van der Waals surface area contributed by atoms with Gasteiger partial charge in [-0.2, -0.15) is 0 Å². The number of methoxy groups -OCH3 is 1. The van der Waals surface area contributed by atoms with Crippen LogP contribution >= 0.6 is 27.7 Å². The summed E-state index contributed by atoms with van der Waals surface area (Å²) in [7, 11) is 1.70. The minimum atomic E-state index is 0.228. The standard InChI is InChI=1S/C18H22BrNO2S/c1-22-17-8-7-16(19)11-15(17)13-23-18-6-3-2-5-14(18)12-20-9-4-10-21/h2-3,5-8,11,20-21H,4,9-10,12-13H2,1H3. The summed E-state index contributed by atoms with van der Waals surface area (Å²) in [5.41, 5.74) is 2.46. The molecular weight excluding hydrogens is 374 g/mol. The van der Waals surface area contributed by atoms with Gasteiger partial charge in [-0.1, -0.05) is 34.1 Å². The average Bonchev–Trinajstić information content (AvgIpc) is 2.58. The first-order valence-corrected chi connectivity index (χ1v) is 9.37. The molecule has 0 heterocycles. The van der Waals surface area contributed by atoms with Gasteiger partial charge in [0.25, 0.3) is 0 Å². The normalized spacial score (nSPS) is 10.7. The van der Waals surface area contributed by atoms with Crippen molar-refractivity contribution in [3.05, 3.63) is 58.1 Å². The quantitative estimate of drug-likeness (QED) is 0.492. The second kappa shape index (κ2) is 9.98. The molecule has 0 aliphatic carbocycles. The van der Waals surface area contributed by atoms with Crippen molar-refractivity contribution in [2.24, 2.45) is 0 Å². The van der Waals surface area contributed by atoms with Crippen LogP contribution in [0.15, 0.2) is 51.8 Å². The summed E-state index contributed by atoms with van der Waals surface area (Å²) in [5.74, 6) is 1.77. The molecule has 0 fully saturated rings. The van der Waals surface area contributed by atoms with E-state index in [-0.39, 0.29) is 6.61 Å². The van der Waals surface area contributed by atoms with E-state index in [9.17, 15) is 0 Å². The highest BCUT2D eigenvalue weighted by Crippen LogP contribution is 2.31. The van der Waals surface area contributed by atoms with Crippen LogP contribution in [0, 0.1) is 0 Å². The second-order valence-corrected chi connectivity index (χ2v) is 7.04. The summed E-state index contributed by atoms with van der Waals surface area (Å²) >= 11 is 5.33. The van der Waals surface area contributed by atoms with E-state index >= 15 is 0 Å². The zero-order chi connectivity index (χ0) is 16.5. The molecule has 2 N–H and O–H groups in total. The highest BCUT2D eigenvalue weighted by atomic mass is 79.9. The Morgan fingerprint density at radius 2 is 2.00 bits per heavy atom. The molecule has 0 aromatic heterocycles. The van der Waals surface area contributed by atoms with E-state index in [1.165, 1.54) is 16.0 Å². The highest BCUT2D eigenvalue weighted by Gasteiger charge is 2.07. The van der Waals surface area contributed by atoms with Gasteiger partial charge in [-0.05, 0) is 42.8 Å². The van der Waals surface area contributed by atoms with E-state index in [2.05, 4.69) is 51.6 Å². The van der Waals surface area contributed by atoms with Crippen LogP contribution in [0.5, 0.6) is 5.75 Å². The Hall–Kier alpha value is -1.01. The minimum absolute atomic E-state index is 0.228. The highest BCUT2D eigenvalue weighted by molar-refractivity contribution is 9.10. The molecule has 23 heavy (non-hydrogen) atoms. The van der Waals surface area contributed by atoms with Gasteiger partial charge in [0, 0.05) is 33.8 Å². The van der Waals surface area contributed by atoms with Crippen LogP contribution in [0.3, 0.4) is 0 Å². The largest absolute Gasteiger partial charge is 0.496 e. The molecule has 0 spiro atoms. The first kappa shape index (κ1) is 18.3. The third-order valence-corrected chi connectivity index (χ3v) is 5.08. The van der Waals surface area contributed by atoms with Crippen molar-refractivity contribution in [1.29, 1.82) is 0 Å². The van der Waals surface area contributed by atoms with Gasteiger partial charge >= 0.3 is 0 Å². The number of ether oxygens (including phenoxy) is 1. The van der Waals surface area contributed by atoms with Gasteiger partial charge in [0.2, 0.25) is 0 Å². The van der Waals surface area contributed by atoms with Crippen LogP contribution in [0.2, 0.25) is 0 Å². The maximum atomic E-state index is 8.84. The fourth-order valence-electron chi connectivity index (χ4n) is 2.23. The number of rotatable bonds is 9. The summed E-state index contributed by atoms with van der Waals surface area (Å²) in [4.78, 5) is 1.27. The number of nitrogens with one attached hydrogen (secondary N) is 1. The second-order valence-electron chi connectivity index (χ2n) is 5.11. The molecular formula is C18H22BrNO2S. The molecule has 0 radical (unpaired) electrons. The van der Waals surface area contributed by atoms with E-state index in [0.717, 1.165) is 35.5 Å². The van der Waals surface area contributed by atoms with Gasteiger partial charge in [0.1, 0.15) is 5.75 Å². The summed E-state index contributed by atoms with van der Waals surface area (Å²) in [6.45, 7) is 1.87. The molecule has 0 aliphatic rings. The number of halogens is 1. The molecule has 0 unspecified atom stereocenters. The van der Waals surface area contributed by atoms with Crippen molar-refractivity contribution < 1.29 is 9.84 Å². The minimum Gasteiger partial charge on any atom is -0.496 e. The Morgan fingerprint density at radius 1 is 1.17 bits per heavy atom. The van der Waals surface area contributed by atoms with Gasteiger partial charge < -0.3 is 15.2 Å². The SMILES string of the molecule is COc1ccc(Br)cc1CSc1ccccc1CNCCCO. The van der Waals surface area contributed by atoms with E-state index < -0.39 is 0 Å². The predicted molar refractivity (Wildman–Crippen MR) is 100 cm³/mol. The number of aliphatic hydroxyl groups excluding tert-OH is 1. The summed E-state index contributed by atoms with van der Waals surface area (Å²) in [5, 5.41) is 12.2. The number of thioether (sulfide) groups is 1. The summed E-state index contributed by atoms with van der Waals surface area (Å²) in [6, 6.07) is 14.5. The maximum absolute atomic E-state index is 8.84. The van der Waals surface area contributed by atoms with Crippen LogP contribution in [0.1, 0.15) is 17.5 Å². The number of hydrogen-bond donors (Lipinski definition) is 2. The predicted octanol–water partition coefficient (Wildman–Crippen LogP) is 4.22. The lowest BCUT2D eigenvalue weighted by atomic mass is 10.2. The maximum Gasteiger partial charge on any atom is 0.122 e. The molecule has 0 saturated carbocycles. The lowest BCUT2D eigenvalue weighted by Gasteiger charge is -2.12. The van der Waals surface area contributed by atoms with Crippen molar-refractivity contribution in [2.75, 3.05) is 20.3 Å². The van der Waals surface area contributed by atoms with Crippen molar-refractivity contribution in [3.8, 4) is 5.75 Å². The molecule has 0 saturated heterocycles. The molecule has 2 rings (SSSR count). The lowest BCUT2D eigenvalue weighted by Crippen LogP contribution is -2.16. The Kier molecular flexibility index (Phi) is 7.95. The van der Waals surface area contributed by atoms with Crippen molar-refractivity contribution in [2.45, 2.75) is 23.6 Å². The number of benzene rings is 2. The van der Waals surface area contributed by atoms with Crippen LogP contribution in [0.4, 0.5) is 0 Å². The molecule has 0 aliphatic heterocycles. The Balaban J connectivity index is 2.01.